The van der Waals surface area contributed by atoms with Crippen LogP contribution < -0.4 is 19.7 Å². The fourth-order valence-electron chi connectivity index (χ4n) is 9.84. The largest absolute Gasteiger partial charge is 0.461 e. The zero-order chi connectivity index (χ0) is 41.3. The summed E-state index contributed by atoms with van der Waals surface area (Å²) in [6.45, 7) is 3.46. The van der Waals surface area contributed by atoms with Crippen LogP contribution in [0.2, 0.25) is 0 Å². The van der Waals surface area contributed by atoms with E-state index in [0.717, 1.165) is 13.0 Å². The maximum atomic E-state index is 17.5. The topological polar surface area (TPSA) is 122 Å². The molecule has 10 rings (SSSR count). The lowest BCUT2D eigenvalue weighted by atomic mass is 9.91. The van der Waals surface area contributed by atoms with E-state index >= 15 is 8.78 Å². The Morgan fingerprint density at radius 2 is 1.90 bits per heavy atom. The summed E-state index contributed by atoms with van der Waals surface area (Å²) in [6.07, 6.45) is -3.02. The highest BCUT2D eigenvalue weighted by molar-refractivity contribution is 6.02. The Morgan fingerprint density at radius 3 is 2.73 bits per heavy atom. The van der Waals surface area contributed by atoms with Crippen LogP contribution in [0.4, 0.5) is 41.7 Å². The second kappa shape index (κ2) is 14.9. The van der Waals surface area contributed by atoms with Crippen LogP contribution in [0.15, 0.2) is 30.5 Å². The summed E-state index contributed by atoms with van der Waals surface area (Å²) in [4.78, 5) is 44.9. The quantitative estimate of drug-likeness (QED) is 0.206. The van der Waals surface area contributed by atoms with Gasteiger partial charge in [0.1, 0.15) is 47.4 Å². The van der Waals surface area contributed by atoms with Crippen molar-refractivity contribution in [3.63, 3.8) is 0 Å². The minimum atomic E-state index is -4.67. The van der Waals surface area contributed by atoms with E-state index in [4.69, 9.17) is 19.2 Å². The number of anilines is 1. The van der Waals surface area contributed by atoms with E-state index in [2.05, 4.69) is 20.2 Å². The molecule has 59 heavy (non-hydrogen) atoms. The monoisotopic (exact) mass is 827 g/mol. The van der Waals surface area contributed by atoms with E-state index in [-0.39, 0.29) is 114 Å². The lowest BCUT2D eigenvalue weighted by molar-refractivity contribution is -0.170. The number of carbonyl (C=O) groups excluding carboxylic acids is 2. The number of amides is 2. The second-order valence-electron chi connectivity index (χ2n) is 16.7. The van der Waals surface area contributed by atoms with Gasteiger partial charge in [0.25, 0.3) is 0 Å². The van der Waals surface area contributed by atoms with E-state index < -0.39 is 53.3 Å². The molecule has 12 nitrogen and oxygen atoms in total. The Kier molecular flexibility index (Phi) is 9.90. The first-order chi connectivity index (χ1) is 28.2. The molecule has 4 atom stereocenters. The smallest absolute Gasteiger partial charge is 0.415 e. The summed E-state index contributed by atoms with van der Waals surface area (Å²) < 4.78 is 107. The van der Waals surface area contributed by atoms with Gasteiger partial charge in [-0.15, -0.1) is 0 Å². The van der Waals surface area contributed by atoms with Gasteiger partial charge in [0, 0.05) is 44.4 Å². The lowest BCUT2D eigenvalue weighted by Gasteiger charge is -2.41. The molecule has 0 aliphatic carbocycles. The molecule has 8 heterocycles. The number of aromatic nitrogens is 3. The molecule has 4 fully saturated rings. The van der Waals surface area contributed by atoms with Gasteiger partial charge in [-0.05, 0) is 99.4 Å². The molecule has 6 bridgehead atoms. The summed E-state index contributed by atoms with van der Waals surface area (Å²) in [7, 11) is 0. The van der Waals surface area contributed by atoms with Crippen LogP contribution >= 0.6 is 0 Å². The molecule has 314 valence electrons. The molecule has 0 unspecified atom stereocenters. The van der Waals surface area contributed by atoms with Crippen molar-refractivity contribution in [1.82, 2.24) is 30.1 Å². The average molecular weight is 828 g/mol. The molecule has 6 aliphatic heterocycles. The Labute approximate surface area is 335 Å². The number of carbonyl (C=O) groups is 2. The van der Waals surface area contributed by atoms with Crippen molar-refractivity contribution in [2.75, 3.05) is 50.8 Å². The number of piperidine rings is 1. The van der Waals surface area contributed by atoms with Crippen LogP contribution in [-0.2, 0) is 11.2 Å². The number of nitrogens with zero attached hydrogens (tertiary/aromatic N) is 6. The van der Waals surface area contributed by atoms with Gasteiger partial charge < -0.3 is 24.4 Å². The van der Waals surface area contributed by atoms with Crippen molar-refractivity contribution < 1.29 is 50.1 Å². The number of hydrogen-bond acceptors (Lipinski definition) is 10. The number of nitrogens with one attached hydrogen (secondary N) is 1. The Balaban J connectivity index is 1.20. The van der Waals surface area contributed by atoms with E-state index in [0.29, 0.717) is 37.3 Å². The normalized spacial score (nSPS) is 26.3. The van der Waals surface area contributed by atoms with Gasteiger partial charge in [0.2, 0.25) is 0 Å². The number of likely N-dealkylation sites (tertiary alicyclic amines) is 1. The van der Waals surface area contributed by atoms with Crippen molar-refractivity contribution in [2.24, 2.45) is 0 Å². The lowest BCUT2D eigenvalue weighted by Crippen LogP contribution is -2.57. The van der Waals surface area contributed by atoms with Gasteiger partial charge in [-0.3, -0.25) is 14.8 Å². The predicted octanol–water partition coefficient (Wildman–Crippen LogP) is 7.64. The summed E-state index contributed by atoms with van der Waals surface area (Å²) in [5, 5.41) is 3.68. The summed E-state index contributed by atoms with van der Waals surface area (Å²) in [5.41, 5.74) is -1.71. The van der Waals surface area contributed by atoms with Gasteiger partial charge in [-0.1, -0.05) is 6.07 Å². The summed E-state index contributed by atoms with van der Waals surface area (Å²) in [6, 6.07) is 3.03. The predicted molar refractivity (Wildman–Crippen MR) is 203 cm³/mol. The zero-order valence-corrected chi connectivity index (χ0v) is 32.3. The number of alkyl halides is 4. The van der Waals surface area contributed by atoms with Crippen molar-refractivity contribution >= 4 is 39.7 Å². The second-order valence-corrected chi connectivity index (χ2v) is 16.7. The Bertz CT molecular complexity index is 2330. The van der Waals surface area contributed by atoms with Crippen LogP contribution in [0.25, 0.3) is 32.9 Å². The fourth-order valence-corrected chi connectivity index (χ4v) is 9.84. The molecule has 2 aromatic carbocycles. The van der Waals surface area contributed by atoms with Crippen LogP contribution in [0, 0.1) is 11.6 Å². The van der Waals surface area contributed by atoms with E-state index in [9.17, 15) is 27.2 Å². The van der Waals surface area contributed by atoms with Crippen molar-refractivity contribution in [3.05, 3.63) is 47.7 Å². The van der Waals surface area contributed by atoms with Crippen LogP contribution in [0.5, 0.6) is 11.8 Å². The minimum Gasteiger partial charge on any atom is -0.461 e. The molecular weight excluding hydrogens is 784 g/mol. The Hall–Kier alpha value is -5.13. The third kappa shape index (κ3) is 7.30. The number of alkyl carbamates (subject to hydrolysis) is 1. The number of benzene rings is 2. The van der Waals surface area contributed by atoms with Crippen LogP contribution in [0.3, 0.4) is 0 Å². The number of ether oxygens (including phenoxy) is 3. The van der Waals surface area contributed by atoms with Gasteiger partial charge in [-0.2, -0.15) is 23.1 Å². The third-order valence-corrected chi connectivity index (χ3v) is 12.5. The molecule has 2 aromatic heterocycles. The summed E-state index contributed by atoms with van der Waals surface area (Å²) >= 11 is 0. The fraction of sp³-hybridized carbons (Fsp3) is 0.537. The van der Waals surface area contributed by atoms with Gasteiger partial charge >= 0.3 is 24.4 Å². The van der Waals surface area contributed by atoms with Crippen molar-refractivity contribution in [1.29, 1.82) is 0 Å². The number of halogens is 6. The average Bonchev–Trinajstić information content (AvgIpc) is 3.91. The van der Waals surface area contributed by atoms with Gasteiger partial charge in [0.15, 0.2) is 5.82 Å². The number of hydrogen-bond donors (Lipinski definition) is 1. The number of aryl methyl sites for hydroxylation is 1. The molecule has 4 aromatic rings. The molecule has 18 heteroatoms. The summed E-state index contributed by atoms with van der Waals surface area (Å²) in [5.74, 6) is -1.50. The molecule has 2 amide bonds. The van der Waals surface area contributed by atoms with Crippen LogP contribution in [-0.4, -0.2) is 112 Å². The third-order valence-electron chi connectivity index (χ3n) is 12.5. The zero-order valence-electron chi connectivity index (χ0n) is 32.3. The SMILES string of the molecule is C[C@@]12CCCN(C1)c1nc(OC[C@@]34CCCN3C[C@H](F)C4)nc3c(F)c(ncc13)-c1cc(OC(=O)N3CCC[C@@H]3C(F)(F)F)cc3ccc(F)c(c13)CCCOC(=O)N2. The molecule has 0 saturated carbocycles. The maximum Gasteiger partial charge on any atom is 0.415 e. The van der Waals surface area contributed by atoms with Crippen LogP contribution in [0.1, 0.15) is 63.9 Å². The maximum absolute atomic E-state index is 17.5. The first-order valence-corrected chi connectivity index (χ1v) is 20.1. The number of fused-ring (bicyclic) bond motifs is 7. The molecule has 0 radical (unpaired) electrons. The highest BCUT2D eigenvalue weighted by Gasteiger charge is 2.50. The van der Waals surface area contributed by atoms with E-state index in [1.54, 1.807) is 0 Å². The highest BCUT2D eigenvalue weighted by Crippen LogP contribution is 2.43. The standard InChI is InChI=1S/C41H43F6N7O5/c1-39-10-4-12-52(21-39)35-28-19-48-33(32(44)34(28)49-36(50-35)58-22-40-11-5-13-53(40)20-24(42)18-40)27-17-25(59-38(56)54-14-2-7-30(54)41(45,46)47)16-23-8-9-29(43)26(31(23)27)6-3-15-57-37(55)51-39/h8-9,16-17,19,24,30H,2-7,10-15,18,20-22H2,1H3,(H,51,55)/t24-,30-,39-,40+/m1/s1. The van der Waals surface area contributed by atoms with Gasteiger partial charge in [-0.25, -0.2) is 22.8 Å². The highest BCUT2D eigenvalue weighted by atomic mass is 19.4. The van der Waals surface area contributed by atoms with Crippen molar-refractivity contribution in [3.8, 4) is 23.0 Å². The van der Waals surface area contributed by atoms with Gasteiger partial charge in [0.05, 0.1) is 23.1 Å². The minimum absolute atomic E-state index is 0.00965. The molecule has 0 spiro atoms. The molecule has 4 saturated heterocycles. The van der Waals surface area contributed by atoms with E-state index in [1.807, 2.05) is 11.8 Å². The Morgan fingerprint density at radius 1 is 1.07 bits per heavy atom. The molecule has 6 aliphatic rings. The number of rotatable bonds is 4. The van der Waals surface area contributed by atoms with E-state index in [1.165, 1.54) is 30.5 Å². The molecule has 1 N–H and O–H groups in total. The van der Waals surface area contributed by atoms with Crippen molar-refractivity contribution in [2.45, 2.75) is 94.2 Å². The first kappa shape index (κ1) is 39.3. The first-order valence-electron chi connectivity index (χ1n) is 20.1. The number of pyridine rings is 1. The molecular formula is C41H43F6N7O5.